The van der Waals surface area contributed by atoms with Gasteiger partial charge in [-0.1, -0.05) is 42.5 Å². The molecule has 3 heteroatoms. The normalized spacial score (nSPS) is 10.3. The van der Waals surface area contributed by atoms with Crippen molar-refractivity contribution in [3.8, 4) is 22.9 Å². The molecule has 0 N–H and O–H groups in total. The molecule has 2 aromatic carbocycles. The summed E-state index contributed by atoms with van der Waals surface area (Å²) in [5.74, 6) is 0. The molecule has 3 aromatic rings. The Bertz CT molecular complexity index is 963. The average molecular weight is 300 g/mol. The minimum absolute atomic E-state index is 0.166. The molecular formula is C20H16N2O. The minimum atomic E-state index is -0.289. The van der Waals surface area contributed by atoms with Crippen LogP contribution in [-0.4, -0.2) is 4.57 Å². The predicted octanol–water partition coefficient (Wildman–Crippen LogP) is 3.99. The van der Waals surface area contributed by atoms with Crippen LogP contribution in [0.25, 0.3) is 16.8 Å². The van der Waals surface area contributed by atoms with Gasteiger partial charge in [0.1, 0.15) is 11.6 Å². The Labute approximate surface area is 135 Å². The molecule has 0 radical (unpaired) electrons. The smallest absolute Gasteiger partial charge is 0.273 e. The fourth-order valence-corrected chi connectivity index (χ4v) is 2.69. The van der Waals surface area contributed by atoms with Gasteiger partial charge < -0.3 is 0 Å². The van der Waals surface area contributed by atoms with Gasteiger partial charge in [0, 0.05) is 11.8 Å². The van der Waals surface area contributed by atoms with Crippen LogP contribution in [0.1, 0.15) is 16.7 Å². The van der Waals surface area contributed by atoms with Crippen LogP contribution in [0.5, 0.6) is 0 Å². The zero-order chi connectivity index (χ0) is 16.4. The van der Waals surface area contributed by atoms with Gasteiger partial charge in [0.05, 0.1) is 5.69 Å². The molecule has 3 rings (SSSR count). The molecule has 0 saturated heterocycles. The zero-order valence-corrected chi connectivity index (χ0v) is 13.1. The van der Waals surface area contributed by atoms with Crippen molar-refractivity contribution in [2.45, 2.75) is 13.8 Å². The maximum atomic E-state index is 12.8. The van der Waals surface area contributed by atoms with E-state index in [0.29, 0.717) is 5.56 Å². The molecule has 0 unspecified atom stereocenters. The number of pyridine rings is 1. The second-order valence-corrected chi connectivity index (χ2v) is 5.48. The van der Waals surface area contributed by atoms with E-state index in [9.17, 15) is 10.1 Å². The number of benzene rings is 2. The first-order valence-corrected chi connectivity index (χ1v) is 7.41. The summed E-state index contributed by atoms with van der Waals surface area (Å²) in [6, 6.07) is 19.2. The molecule has 0 amide bonds. The van der Waals surface area contributed by atoms with E-state index in [4.69, 9.17) is 0 Å². The van der Waals surface area contributed by atoms with Crippen molar-refractivity contribution < 1.29 is 0 Å². The third-order valence-corrected chi connectivity index (χ3v) is 4.12. The van der Waals surface area contributed by atoms with Crippen molar-refractivity contribution in [3.63, 3.8) is 0 Å². The van der Waals surface area contributed by atoms with Crippen molar-refractivity contribution in [3.05, 3.63) is 87.8 Å². The largest absolute Gasteiger partial charge is 0.283 e. The fraction of sp³-hybridized carbons (Fsp3) is 0.100. The summed E-state index contributed by atoms with van der Waals surface area (Å²) in [5, 5.41) is 9.49. The number of rotatable bonds is 2. The van der Waals surface area contributed by atoms with Crippen LogP contribution >= 0.6 is 0 Å². The molecule has 0 fully saturated rings. The number of aryl methyl sites for hydroxylation is 1. The van der Waals surface area contributed by atoms with Crippen LogP contribution in [-0.2, 0) is 0 Å². The average Bonchev–Trinajstić information content (AvgIpc) is 2.58. The summed E-state index contributed by atoms with van der Waals surface area (Å²) in [4.78, 5) is 12.8. The molecule has 0 bridgehead atoms. The lowest BCUT2D eigenvalue weighted by atomic mass is 10.0. The monoisotopic (exact) mass is 300 g/mol. The Morgan fingerprint density at radius 3 is 2.39 bits per heavy atom. The van der Waals surface area contributed by atoms with Crippen LogP contribution in [0, 0.1) is 25.2 Å². The molecule has 0 aliphatic heterocycles. The van der Waals surface area contributed by atoms with Crippen LogP contribution < -0.4 is 5.56 Å². The molecule has 3 nitrogen and oxygen atoms in total. The topological polar surface area (TPSA) is 45.8 Å². The van der Waals surface area contributed by atoms with Gasteiger partial charge in [-0.05, 0) is 42.7 Å². The zero-order valence-electron chi connectivity index (χ0n) is 13.1. The number of aromatic nitrogens is 1. The fourth-order valence-electron chi connectivity index (χ4n) is 2.69. The highest BCUT2D eigenvalue weighted by molar-refractivity contribution is 5.70. The van der Waals surface area contributed by atoms with Gasteiger partial charge in [0.2, 0.25) is 0 Å². The molecular weight excluding hydrogens is 284 g/mol. The Balaban J connectivity index is 2.26. The molecule has 0 aliphatic carbocycles. The first-order valence-electron chi connectivity index (χ1n) is 7.41. The maximum absolute atomic E-state index is 12.8. The second-order valence-electron chi connectivity index (χ2n) is 5.48. The highest BCUT2D eigenvalue weighted by Gasteiger charge is 2.13. The van der Waals surface area contributed by atoms with Crippen LogP contribution in [0.2, 0.25) is 0 Å². The van der Waals surface area contributed by atoms with E-state index >= 15 is 0 Å². The summed E-state index contributed by atoms with van der Waals surface area (Å²) in [7, 11) is 0. The summed E-state index contributed by atoms with van der Waals surface area (Å²) < 4.78 is 1.55. The lowest BCUT2D eigenvalue weighted by Gasteiger charge is -2.13. The summed E-state index contributed by atoms with van der Waals surface area (Å²) >= 11 is 0. The van der Waals surface area contributed by atoms with E-state index in [2.05, 4.69) is 6.07 Å². The van der Waals surface area contributed by atoms with E-state index in [0.717, 1.165) is 22.4 Å². The van der Waals surface area contributed by atoms with E-state index in [1.165, 1.54) is 0 Å². The maximum Gasteiger partial charge on any atom is 0.273 e. The highest BCUT2D eigenvalue weighted by Crippen LogP contribution is 2.22. The van der Waals surface area contributed by atoms with E-state index in [1.807, 2.05) is 68.4 Å². The molecule has 112 valence electrons. The quantitative estimate of drug-likeness (QED) is 0.718. The molecule has 0 spiro atoms. The third kappa shape index (κ3) is 2.56. The number of hydrogen-bond donors (Lipinski definition) is 0. The Morgan fingerprint density at radius 1 is 0.957 bits per heavy atom. The van der Waals surface area contributed by atoms with Crippen molar-refractivity contribution in [2.24, 2.45) is 0 Å². The third-order valence-electron chi connectivity index (χ3n) is 4.12. The first-order chi connectivity index (χ1) is 11.1. The van der Waals surface area contributed by atoms with Crippen LogP contribution in [0.3, 0.4) is 0 Å². The number of nitrogens with zero attached hydrogens (tertiary/aromatic N) is 2. The molecule has 1 aromatic heterocycles. The van der Waals surface area contributed by atoms with Gasteiger partial charge in [-0.25, -0.2) is 0 Å². The van der Waals surface area contributed by atoms with Gasteiger partial charge in [-0.15, -0.1) is 0 Å². The molecule has 0 atom stereocenters. The van der Waals surface area contributed by atoms with Crippen molar-refractivity contribution in [2.75, 3.05) is 0 Å². The van der Waals surface area contributed by atoms with Crippen molar-refractivity contribution in [1.82, 2.24) is 4.57 Å². The SMILES string of the molecule is Cc1cccc(-n2ccc(-c3ccccc3)c(C#N)c2=O)c1C. The lowest BCUT2D eigenvalue weighted by Crippen LogP contribution is -2.22. The number of hydrogen-bond acceptors (Lipinski definition) is 2. The molecule has 1 heterocycles. The summed E-state index contributed by atoms with van der Waals surface area (Å²) in [6.07, 6.45) is 1.74. The van der Waals surface area contributed by atoms with E-state index < -0.39 is 0 Å². The van der Waals surface area contributed by atoms with Gasteiger partial charge in [0.15, 0.2) is 0 Å². The summed E-state index contributed by atoms with van der Waals surface area (Å²) in [5.41, 5.74) is 4.37. The molecule has 23 heavy (non-hydrogen) atoms. The Morgan fingerprint density at radius 2 is 1.70 bits per heavy atom. The van der Waals surface area contributed by atoms with Crippen LogP contribution in [0.4, 0.5) is 0 Å². The second kappa shape index (κ2) is 5.94. The van der Waals surface area contributed by atoms with Gasteiger partial charge >= 0.3 is 0 Å². The summed E-state index contributed by atoms with van der Waals surface area (Å²) in [6.45, 7) is 3.99. The van der Waals surface area contributed by atoms with E-state index in [-0.39, 0.29) is 11.1 Å². The predicted molar refractivity (Wildman–Crippen MR) is 91.7 cm³/mol. The minimum Gasteiger partial charge on any atom is -0.283 e. The highest BCUT2D eigenvalue weighted by atomic mass is 16.1. The van der Waals surface area contributed by atoms with E-state index in [1.54, 1.807) is 10.8 Å². The first kappa shape index (κ1) is 14.8. The Kier molecular flexibility index (Phi) is 3.82. The van der Waals surface area contributed by atoms with Crippen LogP contribution in [0.15, 0.2) is 65.6 Å². The number of nitriles is 1. The van der Waals surface area contributed by atoms with Gasteiger partial charge in [-0.3, -0.25) is 9.36 Å². The standard InChI is InChI=1S/C20H16N2O/c1-14-7-6-10-19(15(14)2)22-12-11-17(18(13-21)20(22)23)16-8-4-3-5-9-16/h3-12H,1-2H3. The molecule has 0 aliphatic rings. The van der Waals surface area contributed by atoms with Gasteiger partial charge in [0.25, 0.3) is 5.56 Å². The van der Waals surface area contributed by atoms with Crippen molar-refractivity contribution >= 4 is 0 Å². The Hall–Kier alpha value is -3.12. The lowest BCUT2D eigenvalue weighted by molar-refractivity contribution is 0.968. The van der Waals surface area contributed by atoms with Crippen molar-refractivity contribution in [1.29, 1.82) is 5.26 Å². The van der Waals surface area contributed by atoms with Gasteiger partial charge in [-0.2, -0.15) is 5.26 Å². The molecule has 0 saturated carbocycles.